The van der Waals surface area contributed by atoms with Crippen LogP contribution >= 0.6 is 0 Å². The van der Waals surface area contributed by atoms with Gasteiger partial charge >= 0.3 is 0 Å². The topological polar surface area (TPSA) is 86.8 Å². The predicted octanol–water partition coefficient (Wildman–Crippen LogP) is 2.85. The van der Waals surface area contributed by atoms with E-state index in [2.05, 4.69) is 5.32 Å². The number of nitrogens with zero attached hydrogens (tertiary/aromatic N) is 2. The maximum Gasteiger partial charge on any atom is 0.243 e. The van der Waals surface area contributed by atoms with E-state index in [1.165, 1.54) is 4.31 Å². The van der Waals surface area contributed by atoms with Crippen LogP contribution in [0.3, 0.4) is 0 Å². The lowest BCUT2D eigenvalue weighted by Crippen LogP contribution is -2.27. The van der Waals surface area contributed by atoms with Gasteiger partial charge in [0.1, 0.15) is 0 Å². The molecule has 7 nitrogen and oxygen atoms in total. The number of sulfonamides is 1. The average molecular weight is 456 g/mol. The molecule has 2 aromatic carbocycles. The van der Waals surface area contributed by atoms with E-state index in [1.54, 1.807) is 29.2 Å². The van der Waals surface area contributed by atoms with E-state index in [0.29, 0.717) is 43.8 Å². The van der Waals surface area contributed by atoms with Crippen LogP contribution in [0.5, 0.6) is 0 Å². The van der Waals surface area contributed by atoms with Crippen molar-refractivity contribution in [1.29, 1.82) is 0 Å². The number of amides is 2. The molecule has 2 saturated heterocycles. The highest BCUT2D eigenvalue weighted by Crippen LogP contribution is 2.22. The van der Waals surface area contributed by atoms with Crippen LogP contribution in [0.2, 0.25) is 0 Å². The van der Waals surface area contributed by atoms with E-state index in [0.717, 1.165) is 42.6 Å². The predicted molar refractivity (Wildman–Crippen MR) is 123 cm³/mol. The maximum atomic E-state index is 12.6. The Kier molecular flexibility index (Phi) is 6.91. The Morgan fingerprint density at radius 1 is 0.875 bits per heavy atom. The zero-order valence-corrected chi connectivity index (χ0v) is 18.9. The molecular formula is C24H29N3O4S. The molecule has 0 atom stereocenters. The molecule has 0 bridgehead atoms. The van der Waals surface area contributed by atoms with Crippen molar-refractivity contribution in [2.75, 3.05) is 24.5 Å². The van der Waals surface area contributed by atoms with Crippen LogP contribution in [-0.2, 0) is 32.6 Å². The van der Waals surface area contributed by atoms with Crippen molar-refractivity contribution >= 4 is 27.5 Å². The number of benzene rings is 2. The van der Waals surface area contributed by atoms with Crippen molar-refractivity contribution in [3.05, 3.63) is 59.7 Å². The molecule has 4 rings (SSSR count). The third-order valence-electron chi connectivity index (χ3n) is 6.08. The van der Waals surface area contributed by atoms with E-state index in [-0.39, 0.29) is 11.8 Å². The Balaban J connectivity index is 1.24. The maximum absolute atomic E-state index is 12.6. The second-order valence-corrected chi connectivity index (χ2v) is 10.3. The zero-order valence-electron chi connectivity index (χ0n) is 18.1. The van der Waals surface area contributed by atoms with Crippen LogP contribution in [0.4, 0.5) is 5.69 Å². The summed E-state index contributed by atoms with van der Waals surface area (Å²) < 4.78 is 26.7. The summed E-state index contributed by atoms with van der Waals surface area (Å²) in [6.07, 6.45) is 4.20. The normalized spacial score (nSPS) is 17.1. The Morgan fingerprint density at radius 2 is 1.53 bits per heavy atom. The van der Waals surface area contributed by atoms with E-state index in [4.69, 9.17) is 0 Å². The smallest absolute Gasteiger partial charge is 0.243 e. The van der Waals surface area contributed by atoms with Crippen LogP contribution in [0.1, 0.15) is 43.2 Å². The molecule has 2 fully saturated rings. The number of rotatable bonds is 8. The standard InChI is InChI=1S/C24H29N3O4S/c28-23(25-18-20-5-10-21(11-6-20)27-17-3-4-24(27)29)14-9-19-7-12-22(13-8-19)32(30,31)26-15-1-2-16-26/h5-8,10-13H,1-4,9,14-18H2,(H,25,28). The molecule has 2 heterocycles. The number of carbonyl (C=O) groups excluding carboxylic acids is 2. The monoisotopic (exact) mass is 455 g/mol. The summed E-state index contributed by atoms with van der Waals surface area (Å²) in [4.78, 5) is 26.2. The van der Waals surface area contributed by atoms with Gasteiger partial charge in [0.05, 0.1) is 4.90 Å². The SMILES string of the molecule is O=C(CCc1ccc(S(=O)(=O)N2CCCC2)cc1)NCc1ccc(N2CCCC2=O)cc1. The van der Waals surface area contributed by atoms with Crippen LogP contribution < -0.4 is 10.2 Å². The van der Waals surface area contributed by atoms with Gasteiger partial charge in [0.2, 0.25) is 21.8 Å². The molecule has 0 aromatic heterocycles. The molecular weight excluding hydrogens is 426 g/mol. The lowest BCUT2D eigenvalue weighted by molar-refractivity contribution is -0.121. The number of aryl methyl sites for hydroxylation is 1. The molecule has 2 aliphatic rings. The lowest BCUT2D eigenvalue weighted by atomic mass is 10.1. The molecule has 0 spiro atoms. The number of hydrogen-bond acceptors (Lipinski definition) is 4. The van der Waals surface area contributed by atoms with Crippen LogP contribution in [0, 0.1) is 0 Å². The molecule has 1 N–H and O–H groups in total. The third kappa shape index (κ3) is 5.19. The number of hydrogen-bond donors (Lipinski definition) is 1. The van der Waals surface area contributed by atoms with Gasteiger partial charge in [0, 0.05) is 44.7 Å². The fourth-order valence-electron chi connectivity index (χ4n) is 4.17. The summed E-state index contributed by atoms with van der Waals surface area (Å²) in [7, 11) is -3.41. The first-order valence-corrected chi connectivity index (χ1v) is 12.6. The Bertz CT molecular complexity index is 1060. The van der Waals surface area contributed by atoms with Crippen molar-refractivity contribution in [1.82, 2.24) is 9.62 Å². The van der Waals surface area contributed by atoms with Gasteiger partial charge in [0.15, 0.2) is 0 Å². The van der Waals surface area contributed by atoms with Crippen molar-refractivity contribution in [2.24, 2.45) is 0 Å². The number of carbonyl (C=O) groups is 2. The molecule has 2 aromatic rings. The second-order valence-electron chi connectivity index (χ2n) is 8.35. The van der Waals surface area contributed by atoms with E-state index >= 15 is 0 Å². The quantitative estimate of drug-likeness (QED) is 0.663. The van der Waals surface area contributed by atoms with Gasteiger partial charge < -0.3 is 10.2 Å². The lowest BCUT2D eigenvalue weighted by Gasteiger charge is -2.16. The van der Waals surface area contributed by atoms with Crippen molar-refractivity contribution in [3.63, 3.8) is 0 Å². The minimum Gasteiger partial charge on any atom is -0.352 e. The Morgan fingerprint density at radius 3 is 2.16 bits per heavy atom. The molecule has 0 saturated carbocycles. The Hall–Kier alpha value is -2.71. The summed E-state index contributed by atoms with van der Waals surface area (Å²) in [5, 5.41) is 2.92. The molecule has 2 amide bonds. The average Bonchev–Trinajstić information content (AvgIpc) is 3.49. The molecule has 0 radical (unpaired) electrons. The van der Waals surface area contributed by atoms with E-state index < -0.39 is 10.0 Å². The van der Waals surface area contributed by atoms with Gasteiger partial charge in [0.25, 0.3) is 0 Å². The minimum absolute atomic E-state index is 0.0578. The van der Waals surface area contributed by atoms with Crippen LogP contribution in [0.15, 0.2) is 53.4 Å². The highest BCUT2D eigenvalue weighted by atomic mass is 32.2. The van der Waals surface area contributed by atoms with E-state index in [1.807, 2.05) is 24.3 Å². The summed E-state index contributed by atoms with van der Waals surface area (Å²) >= 11 is 0. The van der Waals surface area contributed by atoms with Crippen LogP contribution in [-0.4, -0.2) is 44.2 Å². The van der Waals surface area contributed by atoms with Gasteiger partial charge in [-0.05, 0) is 61.1 Å². The highest BCUT2D eigenvalue weighted by molar-refractivity contribution is 7.89. The zero-order chi connectivity index (χ0) is 22.6. The molecule has 32 heavy (non-hydrogen) atoms. The molecule has 0 aliphatic carbocycles. The summed E-state index contributed by atoms with van der Waals surface area (Å²) in [5.74, 6) is 0.102. The number of anilines is 1. The fourth-order valence-corrected chi connectivity index (χ4v) is 5.68. The molecule has 170 valence electrons. The molecule has 8 heteroatoms. The highest BCUT2D eigenvalue weighted by Gasteiger charge is 2.27. The van der Waals surface area contributed by atoms with Gasteiger partial charge in [-0.2, -0.15) is 4.31 Å². The summed E-state index contributed by atoms with van der Waals surface area (Å²) in [6.45, 7) is 2.37. The summed E-state index contributed by atoms with van der Waals surface area (Å²) in [6, 6.07) is 14.5. The van der Waals surface area contributed by atoms with Crippen LogP contribution in [0.25, 0.3) is 0 Å². The minimum atomic E-state index is -3.41. The van der Waals surface area contributed by atoms with Gasteiger partial charge in [-0.1, -0.05) is 24.3 Å². The molecule has 2 aliphatic heterocycles. The fraction of sp³-hybridized carbons (Fsp3) is 0.417. The van der Waals surface area contributed by atoms with Gasteiger partial charge in [-0.25, -0.2) is 8.42 Å². The Labute approximate surface area is 189 Å². The third-order valence-corrected chi connectivity index (χ3v) is 7.99. The van der Waals surface area contributed by atoms with Gasteiger partial charge in [-0.3, -0.25) is 9.59 Å². The van der Waals surface area contributed by atoms with Crippen molar-refractivity contribution in [3.8, 4) is 0 Å². The largest absolute Gasteiger partial charge is 0.352 e. The first kappa shape index (κ1) is 22.5. The van der Waals surface area contributed by atoms with Crippen molar-refractivity contribution in [2.45, 2.75) is 50.0 Å². The molecule has 0 unspecified atom stereocenters. The number of nitrogens with one attached hydrogen (secondary N) is 1. The van der Waals surface area contributed by atoms with Crippen molar-refractivity contribution < 1.29 is 18.0 Å². The summed E-state index contributed by atoms with van der Waals surface area (Å²) in [5.41, 5.74) is 2.81. The van der Waals surface area contributed by atoms with Gasteiger partial charge in [-0.15, -0.1) is 0 Å². The first-order valence-electron chi connectivity index (χ1n) is 11.2. The first-order chi connectivity index (χ1) is 15.4. The second kappa shape index (κ2) is 9.83. The van der Waals surface area contributed by atoms with E-state index in [9.17, 15) is 18.0 Å².